The maximum absolute atomic E-state index is 9.71. The first kappa shape index (κ1) is 17.3. The molecule has 27 heavy (non-hydrogen) atoms. The van der Waals surface area contributed by atoms with E-state index in [1.165, 1.54) is 0 Å². The van der Waals surface area contributed by atoms with Crippen molar-refractivity contribution in [1.29, 1.82) is 5.26 Å². The number of piperazine rings is 1. The molecule has 0 aliphatic carbocycles. The zero-order chi connectivity index (χ0) is 18.8. The molecule has 0 spiro atoms. The SMILES string of the molecule is CCc1nnc(N2CCN(c3nc4ccccc4o3)CC2)c(C#N)c1CC. The maximum Gasteiger partial charge on any atom is 0.298 e. The number of benzene rings is 1. The Bertz CT molecular complexity index is 964. The molecule has 1 aliphatic rings. The van der Waals surface area contributed by atoms with E-state index < -0.39 is 0 Å². The Labute approximate surface area is 158 Å². The van der Waals surface area contributed by atoms with Crippen molar-refractivity contribution in [1.82, 2.24) is 15.2 Å². The van der Waals surface area contributed by atoms with Crippen molar-refractivity contribution in [2.45, 2.75) is 26.7 Å². The second kappa shape index (κ2) is 7.23. The van der Waals surface area contributed by atoms with E-state index in [1.807, 2.05) is 31.2 Å². The number of para-hydroxylation sites is 2. The summed E-state index contributed by atoms with van der Waals surface area (Å²) in [6.07, 6.45) is 1.58. The lowest BCUT2D eigenvalue weighted by atomic mass is 10.0. The Morgan fingerprint density at radius 3 is 2.44 bits per heavy atom. The highest BCUT2D eigenvalue weighted by Gasteiger charge is 2.25. The van der Waals surface area contributed by atoms with Crippen molar-refractivity contribution in [2.75, 3.05) is 36.0 Å². The minimum Gasteiger partial charge on any atom is -0.423 e. The van der Waals surface area contributed by atoms with Gasteiger partial charge in [0.1, 0.15) is 17.1 Å². The smallest absolute Gasteiger partial charge is 0.298 e. The van der Waals surface area contributed by atoms with Crippen molar-refractivity contribution in [3.63, 3.8) is 0 Å². The van der Waals surface area contributed by atoms with Crippen LogP contribution in [-0.4, -0.2) is 41.4 Å². The highest BCUT2D eigenvalue weighted by Crippen LogP contribution is 2.26. The lowest BCUT2D eigenvalue weighted by Crippen LogP contribution is -2.47. The summed E-state index contributed by atoms with van der Waals surface area (Å²) in [6, 6.07) is 10.8. The molecule has 3 aromatic rings. The van der Waals surface area contributed by atoms with E-state index in [1.54, 1.807) is 0 Å². The molecule has 2 aromatic heterocycles. The van der Waals surface area contributed by atoms with Crippen LogP contribution in [-0.2, 0) is 12.8 Å². The van der Waals surface area contributed by atoms with Crippen molar-refractivity contribution in [3.05, 3.63) is 41.1 Å². The van der Waals surface area contributed by atoms with Crippen molar-refractivity contribution in [2.24, 2.45) is 0 Å². The summed E-state index contributed by atoms with van der Waals surface area (Å²) in [4.78, 5) is 8.86. The van der Waals surface area contributed by atoms with E-state index in [2.05, 4.69) is 38.0 Å². The Balaban J connectivity index is 1.55. The lowest BCUT2D eigenvalue weighted by molar-refractivity contribution is 0.539. The molecule has 0 radical (unpaired) electrons. The number of aryl methyl sites for hydroxylation is 1. The first-order chi connectivity index (χ1) is 13.2. The molecule has 0 bridgehead atoms. The van der Waals surface area contributed by atoms with Gasteiger partial charge in [0, 0.05) is 26.2 Å². The fourth-order valence-corrected chi connectivity index (χ4v) is 3.61. The number of oxazole rings is 1. The minimum atomic E-state index is 0.651. The number of nitrogens with zero attached hydrogens (tertiary/aromatic N) is 6. The molecule has 7 nitrogen and oxygen atoms in total. The molecule has 0 amide bonds. The van der Waals surface area contributed by atoms with Gasteiger partial charge >= 0.3 is 0 Å². The maximum atomic E-state index is 9.71. The Kier molecular flexibility index (Phi) is 4.63. The summed E-state index contributed by atoms with van der Waals surface area (Å²) < 4.78 is 5.88. The predicted octanol–water partition coefficient (Wildman–Crippen LogP) is 2.94. The van der Waals surface area contributed by atoms with Crippen LogP contribution in [0.4, 0.5) is 11.8 Å². The van der Waals surface area contributed by atoms with E-state index in [4.69, 9.17) is 4.42 Å². The number of fused-ring (bicyclic) bond motifs is 1. The van der Waals surface area contributed by atoms with Crippen LogP contribution in [0.2, 0.25) is 0 Å². The van der Waals surface area contributed by atoms with Crippen LogP contribution in [0.5, 0.6) is 0 Å². The molecule has 1 aromatic carbocycles. The molecular weight excluding hydrogens is 340 g/mol. The summed E-state index contributed by atoms with van der Waals surface area (Å²) in [5, 5.41) is 18.5. The van der Waals surface area contributed by atoms with E-state index in [-0.39, 0.29) is 0 Å². The van der Waals surface area contributed by atoms with Gasteiger partial charge in [-0.25, -0.2) is 0 Å². The van der Waals surface area contributed by atoms with Gasteiger partial charge in [0.15, 0.2) is 11.4 Å². The van der Waals surface area contributed by atoms with Gasteiger partial charge in [0.2, 0.25) is 0 Å². The van der Waals surface area contributed by atoms with Crippen LogP contribution in [0.15, 0.2) is 28.7 Å². The van der Waals surface area contributed by atoms with Gasteiger partial charge in [-0.1, -0.05) is 26.0 Å². The number of hydrogen-bond acceptors (Lipinski definition) is 7. The number of nitriles is 1. The van der Waals surface area contributed by atoms with Gasteiger partial charge in [-0.15, -0.1) is 5.10 Å². The molecule has 7 heteroatoms. The topological polar surface area (TPSA) is 82.1 Å². The van der Waals surface area contributed by atoms with Crippen LogP contribution >= 0.6 is 0 Å². The molecule has 1 aliphatic heterocycles. The average Bonchev–Trinajstić information content (AvgIpc) is 3.17. The number of anilines is 2. The standard InChI is InChI=1S/C20H22N6O/c1-3-14-15(13-21)19(24-23-16(14)4-2)25-9-11-26(12-10-25)20-22-17-7-5-6-8-18(17)27-20/h5-8H,3-4,9-12H2,1-2H3. The largest absolute Gasteiger partial charge is 0.423 e. The van der Waals surface area contributed by atoms with Gasteiger partial charge in [0.25, 0.3) is 6.01 Å². The summed E-state index contributed by atoms with van der Waals surface area (Å²) in [5.74, 6) is 0.698. The van der Waals surface area contributed by atoms with Crippen molar-refractivity contribution < 1.29 is 4.42 Å². The van der Waals surface area contributed by atoms with Gasteiger partial charge in [0.05, 0.1) is 5.69 Å². The monoisotopic (exact) mass is 362 g/mol. The fourth-order valence-electron chi connectivity index (χ4n) is 3.61. The van der Waals surface area contributed by atoms with E-state index in [0.29, 0.717) is 17.4 Å². The summed E-state index contributed by atoms with van der Waals surface area (Å²) in [5.41, 5.74) is 4.28. The normalized spacial score (nSPS) is 14.6. The second-order valence-electron chi connectivity index (χ2n) is 6.58. The summed E-state index contributed by atoms with van der Waals surface area (Å²) >= 11 is 0. The van der Waals surface area contributed by atoms with Gasteiger partial charge in [-0.05, 0) is 30.5 Å². The third-order valence-corrected chi connectivity index (χ3v) is 5.07. The lowest BCUT2D eigenvalue weighted by Gasteiger charge is -2.34. The molecule has 3 heterocycles. The van der Waals surface area contributed by atoms with Gasteiger partial charge in [-0.3, -0.25) is 0 Å². The molecule has 0 saturated carbocycles. The van der Waals surface area contributed by atoms with Crippen LogP contribution < -0.4 is 9.80 Å². The van der Waals surface area contributed by atoms with Crippen molar-refractivity contribution in [3.8, 4) is 6.07 Å². The Morgan fingerprint density at radius 1 is 1.04 bits per heavy atom. The molecule has 0 N–H and O–H groups in total. The fraction of sp³-hybridized carbons (Fsp3) is 0.400. The molecular formula is C20H22N6O. The van der Waals surface area contributed by atoms with E-state index in [0.717, 1.165) is 61.4 Å². The number of rotatable bonds is 4. The van der Waals surface area contributed by atoms with Gasteiger partial charge < -0.3 is 14.2 Å². The second-order valence-corrected chi connectivity index (χ2v) is 6.58. The minimum absolute atomic E-state index is 0.651. The van der Waals surface area contributed by atoms with Crippen LogP contribution in [0.1, 0.15) is 30.7 Å². The third-order valence-electron chi connectivity index (χ3n) is 5.07. The molecule has 0 unspecified atom stereocenters. The van der Waals surface area contributed by atoms with Crippen molar-refractivity contribution >= 4 is 22.9 Å². The highest BCUT2D eigenvalue weighted by molar-refractivity contribution is 5.74. The highest BCUT2D eigenvalue weighted by atomic mass is 16.4. The van der Waals surface area contributed by atoms with E-state index >= 15 is 0 Å². The quantitative estimate of drug-likeness (QED) is 0.705. The first-order valence-corrected chi connectivity index (χ1v) is 9.39. The Hall–Kier alpha value is -3.14. The molecule has 138 valence electrons. The van der Waals surface area contributed by atoms with E-state index in [9.17, 15) is 5.26 Å². The third kappa shape index (κ3) is 3.08. The van der Waals surface area contributed by atoms with Crippen LogP contribution in [0.25, 0.3) is 11.1 Å². The zero-order valence-corrected chi connectivity index (χ0v) is 15.6. The van der Waals surface area contributed by atoms with Crippen LogP contribution in [0, 0.1) is 11.3 Å². The average molecular weight is 362 g/mol. The Morgan fingerprint density at radius 2 is 1.78 bits per heavy atom. The molecule has 0 atom stereocenters. The zero-order valence-electron chi connectivity index (χ0n) is 15.6. The summed E-state index contributed by atoms with van der Waals surface area (Å²) in [6.45, 7) is 7.12. The summed E-state index contributed by atoms with van der Waals surface area (Å²) in [7, 11) is 0. The first-order valence-electron chi connectivity index (χ1n) is 9.39. The predicted molar refractivity (Wildman–Crippen MR) is 104 cm³/mol. The number of hydrogen-bond donors (Lipinski definition) is 0. The molecule has 4 rings (SSSR count). The van der Waals surface area contributed by atoms with Crippen LogP contribution in [0.3, 0.4) is 0 Å². The number of aromatic nitrogens is 3. The molecule has 1 fully saturated rings. The molecule has 1 saturated heterocycles. The van der Waals surface area contributed by atoms with Gasteiger partial charge in [-0.2, -0.15) is 15.3 Å².